The van der Waals surface area contributed by atoms with Crippen molar-refractivity contribution in [3.8, 4) is 0 Å². The predicted molar refractivity (Wildman–Crippen MR) is 58.8 cm³/mol. The van der Waals surface area contributed by atoms with Crippen LogP contribution in [0.25, 0.3) is 0 Å². The van der Waals surface area contributed by atoms with Gasteiger partial charge in [0.1, 0.15) is 0 Å². The van der Waals surface area contributed by atoms with Crippen LogP contribution in [0.3, 0.4) is 0 Å². The van der Waals surface area contributed by atoms with E-state index in [0.29, 0.717) is 6.42 Å². The van der Waals surface area contributed by atoms with Gasteiger partial charge in [0.25, 0.3) is 0 Å². The van der Waals surface area contributed by atoms with Gasteiger partial charge in [-0.25, -0.2) is 0 Å². The first-order chi connectivity index (χ1) is 6.79. The topological polar surface area (TPSA) is 43.1 Å². The molecule has 2 nitrogen and oxygen atoms in total. The molecule has 0 aliphatic heterocycles. The molecule has 0 radical (unpaired) electrons. The Bertz CT molecular complexity index is 192. The quantitative estimate of drug-likeness (QED) is 0.514. The van der Waals surface area contributed by atoms with E-state index < -0.39 is 0 Å². The average molecular weight is 195 g/mol. The van der Waals surface area contributed by atoms with Gasteiger partial charge in [-0.3, -0.25) is 4.79 Å². The number of hydrogen-bond acceptors (Lipinski definition) is 1. The molecule has 0 spiro atoms. The van der Waals surface area contributed by atoms with E-state index in [0.717, 1.165) is 18.8 Å². The minimum atomic E-state index is -0.186. The fourth-order valence-corrected chi connectivity index (χ4v) is 2.05. The van der Waals surface area contributed by atoms with Gasteiger partial charge in [0.15, 0.2) is 0 Å². The molecule has 14 heavy (non-hydrogen) atoms. The highest BCUT2D eigenvalue weighted by Gasteiger charge is 2.12. The molecule has 2 N–H and O–H groups in total. The zero-order valence-corrected chi connectivity index (χ0v) is 8.87. The molecular weight excluding hydrogens is 174 g/mol. The maximum absolute atomic E-state index is 10.4. The van der Waals surface area contributed by atoms with Crippen LogP contribution in [0.4, 0.5) is 0 Å². The molecule has 0 atom stereocenters. The first-order valence-corrected chi connectivity index (χ1v) is 5.72. The molecule has 0 aromatic carbocycles. The molecule has 1 saturated carbocycles. The number of hydrogen-bond donors (Lipinski definition) is 1. The van der Waals surface area contributed by atoms with Crippen molar-refractivity contribution in [2.75, 3.05) is 0 Å². The molecule has 0 aromatic rings. The van der Waals surface area contributed by atoms with Gasteiger partial charge in [0, 0.05) is 6.42 Å². The van der Waals surface area contributed by atoms with Gasteiger partial charge < -0.3 is 5.73 Å². The summed E-state index contributed by atoms with van der Waals surface area (Å²) in [7, 11) is 0. The smallest absolute Gasteiger partial charge is 0.217 e. The zero-order valence-electron chi connectivity index (χ0n) is 8.87. The van der Waals surface area contributed by atoms with Gasteiger partial charge in [-0.2, -0.15) is 0 Å². The fraction of sp³-hybridized carbons (Fsp3) is 0.750. The van der Waals surface area contributed by atoms with Crippen molar-refractivity contribution in [3.05, 3.63) is 12.2 Å². The van der Waals surface area contributed by atoms with Crippen LogP contribution in [0.15, 0.2) is 12.2 Å². The summed E-state index contributed by atoms with van der Waals surface area (Å²) < 4.78 is 0. The number of unbranched alkanes of at least 4 members (excludes halogenated alkanes) is 1. The van der Waals surface area contributed by atoms with Crippen LogP contribution in [0.1, 0.15) is 51.4 Å². The molecule has 1 aliphatic carbocycles. The molecule has 1 fully saturated rings. The number of rotatable bonds is 6. The average Bonchev–Trinajstić information content (AvgIpc) is 2.63. The van der Waals surface area contributed by atoms with Crippen LogP contribution in [0.2, 0.25) is 0 Å². The molecule has 0 bridgehead atoms. The van der Waals surface area contributed by atoms with E-state index in [1.165, 1.54) is 32.1 Å². The predicted octanol–water partition coefficient (Wildman–Crippen LogP) is 2.78. The van der Waals surface area contributed by atoms with Crippen LogP contribution in [-0.2, 0) is 4.79 Å². The third-order valence-electron chi connectivity index (χ3n) is 2.90. The monoisotopic (exact) mass is 195 g/mol. The fourth-order valence-electron chi connectivity index (χ4n) is 2.05. The summed E-state index contributed by atoms with van der Waals surface area (Å²) in [4.78, 5) is 10.4. The highest BCUT2D eigenvalue weighted by atomic mass is 16.1. The third-order valence-corrected chi connectivity index (χ3v) is 2.90. The summed E-state index contributed by atoms with van der Waals surface area (Å²) in [5.41, 5.74) is 5.04. The molecule has 1 rings (SSSR count). The van der Waals surface area contributed by atoms with E-state index in [1.807, 2.05) is 0 Å². The molecule has 80 valence electrons. The molecule has 0 saturated heterocycles. The van der Waals surface area contributed by atoms with Crippen molar-refractivity contribution in [3.63, 3.8) is 0 Å². The van der Waals surface area contributed by atoms with Gasteiger partial charge in [-0.1, -0.05) is 37.8 Å². The number of carbonyl (C=O) groups excluding carboxylic acids is 1. The Hall–Kier alpha value is -0.790. The lowest BCUT2D eigenvalue weighted by Gasteiger charge is -2.02. The van der Waals surface area contributed by atoms with E-state index in [4.69, 9.17) is 5.73 Å². The Morgan fingerprint density at radius 1 is 1.29 bits per heavy atom. The molecular formula is C12H21NO. The number of carbonyl (C=O) groups is 1. The first kappa shape index (κ1) is 11.3. The summed E-state index contributed by atoms with van der Waals surface area (Å²) in [6.45, 7) is 0. The van der Waals surface area contributed by atoms with Crippen molar-refractivity contribution in [2.45, 2.75) is 51.4 Å². The standard InChI is InChI=1S/C12H21NO/c13-12(14)10-4-2-1-3-7-11-8-5-6-9-11/h1,3,11H,2,4-10H2,(H2,13,14)/b3-1-. The van der Waals surface area contributed by atoms with Crippen molar-refractivity contribution in [2.24, 2.45) is 11.7 Å². The van der Waals surface area contributed by atoms with Gasteiger partial charge in [0.2, 0.25) is 5.91 Å². The molecule has 1 amide bonds. The van der Waals surface area contributed by atoms with Crippen molar-refractivity contribution < 1.29 is 4.79 Å². The number of amides is 1. The Morgan fingerprint density at radius 3 is 2.64 bits per heavy atom. The lowest BCUT2D eigenvalue weighted by atomic mass is 10.0. The minimum Gasteiger partial charge on any atom is -0.370 e. The van der Waals surface area contributed by atoms with Crippen LogP contribution < -0.4 is 5.73 Å². The SMILES string of the molecule is NC(=O)CCC/C=C\CC1CCCC1. The Kier molecular flexibility index (Phi) is 5.35. The first-order valence-electron chi connectivity index (χ1n) is 5.72. The van der Waals surface area contributed by atoms with Gasteiger partial charge in [-0.05, 0) is 25.2 Å². The Balaban J connectivity index is 1.94. The minimum absolute atomic E-state index is 0.186. The Morgan fingerprint density at radius 2 is 2.00 bits per heavy atom. The van der Waals surface area contributed by atoms with Crippen molar-refractivity contribution in [1.29, 1.82) is 0 Å². The van der Waals surface area contributed by atoms with Crippen LogP contribution >= 0.6 is 0 Å². The highest BCUT2D eigenvalue weighted by Crippen LogP contribution is 2.27. The van der Waals surface area contributed by atoms with Gasteiger partial charge >= 0.3 is 0 Å². The van der Waals surface area contributed by atoms with Gasteiger partial charge in [-0.15, -0.1) is 0 Å². The molecule has 2 heteroatoms. The second-order valence-corrected chi connectivity index (χ2v) is 4.22. The number of nitrogens with two attached hydrogens (primary N) is 1. The molecule has 0 aromatic heterocycles. The Labute approximate surface area is 86.6 Å². The van der Waals surface area contributed by atoms with E-state index >= 15 is 0 Å². The van der Waals surface area contributed by atoms with E-state index in [-0.39, 0.29) is 5.91 Å². The van der Waals surface area contributed by atoms with Gasteiger partial charge in [0.05, 0.1) is 0 Å². The lowest BCUT2D eigenvalue weighted by molar-refractivity contribution is -0.118. The molecule has 1 aliphatic rings. The zero-order chi connectivity index (χ0) is 10.2. The largest absolute Gasteiger partial charge is 0.370 e. The van der Waals surface area contributed by atoms with Crippen molar-refractivity contribution in [1.82, 2.24) is 0 Å². The summed E-state index contributed by atoms with van der Waals surface area (Å²) in [6, 6.07) is 0. The maximum atomic E-state index is 10.4. The van der Waals surface area contributed by atoms with Crippen LogP contribution in [-0.4, -0.2) is 5.91 Å². The maximum Gasteiger partial charge on any atom is 0.217 e. The lowest BCUT2D eigenvalue weighted by Crippen LogP contribution is -2.09. The third kappa shape index (κ3) is 5.05. The summed E-state index contributed by atoms with van der Waals surface area (Å²) in [6.07, 6.45) is 13.8. The summed E-state index contributed by atoms with van der Waals surface area (Å²) in [5, 5.41) is 0. The normalized spacial score (nSPS) is 18.0. The second-order valence-electron chi connectivity index (χ2n) is 4.22. The molecule has 0 unspecified atom stereocenters. The summed E-state index contributed by atoms with van der Waals surface area (Å²) in [5.74, 6) is 0.747. The van der Waals surface area contributed by atoms with E-state index in [1.54, 1.807) is 0 Å². The van der Waals surface area contributed by atoms with E-state index in [2.05, 4.69) is 12.2 Å². The van der Waals surface area contributed by atoms with Crippen LogP contribution in [0, 0.1) is 5.92 Å². The summed E-state index contributed by atoms with van der Waals surface area (Å²) >= 11 is 0. The van der Waals surface area contributed by atoms with Crippen molar-refractivity contribution >= 4 is 5.91 Å². The molecule has 0 heterocycles. The number of allylic oxidation sites excluding steroid dienone is 2. The van der Waals surface area contributed by atoms with Crippen LogP contribution in [0.5, 0.6) is 0 Å². The van der Waals surface area contributed by atoms with E-state index in [9.17, 15) is 4.79 Å². The highest BCUT2D eigenvalue weighted by molar-refractivity contribution is 5.73. The number of primary amides is 1. The second kappa shape index (κ2) is 6.63.